The molecule has 0 N–H and O–H groups in total. The van der Waals surface area contributed by atoms with E-state index in [1.165, 1.54) is 0 Å². The lowest BCUT2D eigenvalue weighted by Gasteiger charge is -2.02. The summed E-state index contributed by atoms with van der Waals surface area (Å²) in [5.74, 6) is 0. The van der Waals surface area contributed by atoms with Crippen molar-refractivity contribution in [3.05, 3.63) is 50.4 Å². The van der Waals surface area contributed by atoms with Gasteiger partial charge in [0, 0.05) is 8.48 Å². The van der Waals surface area contributed by atoms with E-state index in [1.54, 1.807) is 0 Å². The molecule has 2 rings (SSSR count). The summed E-state index contributed by atoms with van der Waals surface area (Å²) in [6, 6.07) is 11.8. The van der Waals surface area contributed by atoms with Gasteiger partial charge in [-0.1, -0.05) is 35.4 Å². The molecule has 2 aromatic rings. The van der Waals surface area contributed by atoms with Crippen molar-refractivity contribution in [1.82, 2.24) is 0 Å². The third-order valence-electron chi connectivity index (χ3n) is 2.00. The van der Waals surface area contributed by atoms with Crippen molar-refractivity contribution in [2.45, 2.75) is 0 Å². The van der Waals surface area contributed by atoms with Crippen molar-refractivity contribution < 1.29 is 0 Å². The second kappa shape index (κ2) is 3.86. The van der Waals surface area contributed by atoms with E-state index in [9.17, 15) is 0 Å². The van der Waals surface area contributed by atoms with E-state index in [0.717, 1.165) is 14.3 Å². The molecule has 4 heteroatoms. The molecule has 0 bridgehead atoms. The van der Waals surface area contributed by atoms with Crippen LogP contribution in [0.4, 0.5) is 5.69 Å². The van der Waals surface area contributed by atoms with Crippen molar-refractivity contribution in [3.8, 4) is 0 Å². The van der Waals surface area contributed by atoms with Gasteiger partial charge in [-0.05, 0) is 45.0 Å². The predicted molar refractivity (Wildman–Crippen MR) is 65.5 cm³/mol. The summed E-state index contributed by atoms with van der Waals surface area (Å²) >= 11 is 2.17. The lowest BCUT2D eigenvalue weighted by atomic mass is 10.1. The van der Waals surface area contributed by atoms with Crippen LogP contribution in [0.5, 0.6) is 0 Å². The molecular formula is C10H6IN3. The average molecular weight is 295 g/mol. The number of hydrogen-bond acceptors (Lipinski definition) is 1. The molecule has 14 heavy (non-hydrogen) atoms. The van der Waals surface area contributed by atoms with Gasteiger partial charge in [0.05, 0.1) is 5.69 Å². The Morgan fingerprint density at radius 2 is 1.93 bits per heavy atom. The zero-order valence-corrected chi connectivity index (χ0v) is 9.34. The Kier molecular flexibility index (Phi) is 2.56. The quantitative estimate of drug-likeness (QED) is 0.324. The molecule has 68 valence electrons. The standard InChI is InChI=1S/C10H6IN3/c11-9-6-5-7-3-1-2-4-8(7)10(9)13-14-12/h1-6H. The number of azide groups is 1. The Morgan fingerprint density at radius 3 is 2.71 bits per heavy atom. The van der Waals surface area contributed by atoms with Gasteiger partial charge in [-0.2, -0.15) is 0 Å². The van der Waals surface area contributed by atoms with Gasteiger partial charge in [0.25, 0.3) is 0 Å². The van der Waals surface area contributed by atoms with E-state index in [4.69, 9.17) is 5.53 Å². The number of nitrogens with zero attached hydrogens (tertiary/aromatic N) is 3. The van der Waals surface area contributed by atoms with Crippen LogP contribution in [-0.4, -0.2) is 0 Å². The van der Waals surface area contributed by atoms with Gasteiger partial charge in [0.15, 0.2) is 0 Å². The topological polar surface area (TPSA) is 48.8 Å². The van der Waals surface area contributed by atoms with Crippen molar-refractivity contribution in [3.63, 3.8) is 0 Å². The highest BCUT2D eigenvalue weighted by Crippen LogP contribution is 2.31. The monoisotopic (exact) mass is 295 g/mol. The third-order valence-corrected chi connectivity index (χ3v) is 2.87. The molecule has 0 heterocycles. The Hall–Kier alpha value is -1.26. The van der Waals surface area contributed by atoms with Crippen LogP contribution in [-0.2, 0) is 0 Å². The van der Waals surface area contributed by atoms with E-state index < -0.39 is 0 Å². The van der Waals surface area contributed by atoms with Crippen molar-refractivity contribution >= 4 is 39.1 Å². The molecule has 2 aromatic carbocycles. The van der Waals surface area contributed by atoms with E-state index in [0.29, 0.717) is 5.69 Å². The molecule has 0 amide bonds. The van der Waals surface area contributed by atoms with Gasteiger partial charge in [-0.3, -0.25) is 0 Å². The largest absolute Gasteiger partial charge is 0.0616 e. The highest BCUT2D eigenvalue weighted by molar-refractivity contribution is 14.1. The summed E-state index contributed by atoms with van der Waals surface area (Å²) in [7, 11) is 0. The Labute approximate surface area is 94.5 Å². The van der Waals surface area contributed by atoms with E-state index in [-0.39, 0.29) is 0 Å². The van der Waals surface area contributed by atoms with E-state index in [2.05, 4.69) is 32.6 Å². The normalized spacial score (nSPS) is 9.79. The molecule has 0 radical (unpaired) electrons. The van der Waals surface area contributed by atoms with Crippen LogP contribution in [0, 0.1) is 3.57 Å². The van der Waals surface area contributed by atoms with Gasteiger partial charge < -0.3 is 0 Å². The molecule has 0 unspecified atom stereocenters. The highest BCUT2D eigenvalue weighted by atomic mass is 127. The molecule has 0 saturated heterocycles. The van der Waals surface area contributed by atoms with Crippen LogP contribution in [0.3, 0.4) is 0 Å². The van der Waals surface area contributed by atoms with Crippen LogP contribution < -0.4 is 0 Å². The lowest BCUT2D eigenvalue weighted by molar-refractivity contribution is 1.48. The van der Waals surface area contributed by atoms with Gasteiger partial charge in [-0.25, -0.2) is 0 Å². The van der Waals surface area contributed by atoms with Gasteiger partial charge in [-0.15, -0.1) is 0 Å². The number of halogens is 1. The van der Waals surface area contributed by atoms with Crippen LogP contribution in [0.15, 0.2) is 41.5 Å². The Balaban J connectivity index is 2.89. The number of rotatable bonds is 1. The van der Waals surface area contributed by atoms with E-state index >= 15 is 0 Å². The fraction of sp³-hybridized carbons (Fsp3) is 0. The fourth-order valence-corrected chi connectivity index (χ4v) is 1.95. The maximum Gasteiger partial charge on any atom is 0.0587 e. The van der Waals surface area contributed by atoms with Crippen LogP contribution in [0.2, 0.25) is 0 Å². The summed E-state index contributed by atoms with van der Waals surface area (Å²) in [5, 5.41) is 5.80. The maximum absolute atomic E-state index is 8.46. The fourth-order valence-electron chi connectivity index (χ4n) is 1.37. The first kappa shape index (κ1) is 9.30. The summed E-state index contributed by atoms with van der Waals surface area (Å²) < 4.78 is 0.971. The van der Waals surface area contributed by atoms with Crippen LogP contribution >= 0.6 is 22.6 Å². The highest BCUT2D eigenvalue weighted by Gasteiger charge is 2.02. The van der Waals surface area contributed by atoms with Crippen molar-refractivity contribution in [2.24, 2.45) is 5.11 Å². The van der Waals surface area contributed by atoms with Gasteiger partial charge in [0.2, 0.25) is 0 Å². The van der Waals surface area contributed by atoms with Crippen molar-refractivity contribution in [1.29, 1.82) is 0 Å². The molecule has 0 saturated carbocycles. The SMILES string of the molecule is [N-]=[N+]=Nc1c(I)ccc2ccccc12. The summed E-state index contributed by atoms with van der Waals surface area (Å²) in [6.45, 7) is 0. The third kappa shape index (κ3) is 1.54. The summed E-state index contributed by atoms with van der Waals surface area (Å²) in [4.78, 5) is 2.84. The Morgan fingerprint density at radius 1 is 1.14 bits per heavy atom. The predicted octanol–water partition coefficient (Wildman–Crippen LogP) is 4.39. The first-order valence-electron chi connectivity index (χ1n) is 4.05. The summed E-state index contributed by atoms with van der Waals surface area (Å²) in [5.41, 5.74) is 9.17. The number of hydrogen-bond donors (Lipinski definition) is 0. The minimum atomic E-state index is 0.714. The number of benzene rings is 2. The molecule has 0 atom stereocenters. The van der Waals surface area contributed by atoms with Crippen LogP contribution in [0.25, 0.3) is 21.2 Å². The maximum atomic E-state index is 8.46. The zero-order valence-electron chi connectivity index (χ0n) is 7.18. The van der Waals surface area contributed by atoms with Crippen molar-refractivity contribution in [2.75, 3.05) is 0 Å². The second-order valence-electron chi connectivity index (χ2n) is 2.81. The minimum Gasteiger partial charge on any atom is -0.0616 e. The minimum absolute atomic E-state index is 0.714. The lowest BCUT2D eigenvalue weighted by Crippen LogP contribution is -1.76. The van der Waals surface area contributed by atoms with Gasteiger partial charge in [0.1, 0.15) is 0 Å². The summed E-state index contributed by atoms with van der Waals surface area (Å²) in [6.07, 6.45) is 0. The molecule has 0 aliphatic heterocycles. The molecule has 0 aliphatic carbocycles. The molecule has 0 fully saturated rings. The second-order valence-corrected chi connectivity index (χ2v) is 3.97. The molecular weight excluding hydrogens is 289 g/mol. The van der Waals surface area contributed by atoms with Gasteiger partial charge >= 0.3 is 0 Å². The smallest absolute Gasteiger partial charge is 0.0587 e. The molecule has 0 aliphatic rings. The Bertz CT molecular complexity index is 530. The van der Waals surface area contributed by atoms with Crippen LogP contribution in [0.1, 0.15) is 0 Å². The first-order chi connectivity index (χ1) is 6.83. The first-order valence-corrected chi connectivity index (χ1v) is 5.13. The molecule has 3 nitrogen and oxygen atoms in total. The number of fused-ring (bicyclic) bond motifs is 1. The average Bonchev–Trinajstić information content (AvgIpc) is 2.23. The zero-order chi connectivity index (χ0) is 9.97. The van der Waals surface area contributed by atoms with E-state index in [1.807, 2.05) is 36.4 Å². The molecule has 0 spiro atoms. The molecule has 0 aromatic heterocycles.